The van der Waals surface area contributed by atoms with Gasteiger partial charge in [-0.1, -0.05) is 0 Å². The molecule has 12 heavy (non-hydrogen) atoms. The molecule has 0 fully saturated rings. The van der Waals surface area contributed by atoms with Gasteiger partial charge in [-0.3, -0.25) is 0 Å². The van der Waals surface area contributed by atoms with E-state index in [1.807, 2.05) is 11.6 Å². The van der Waals surface area contributed by atoms with Crippen molar-refractivity contribution in [3.63, 3.8) is 0 Å². The third-order valence-corrected chi connectivity index (χ3v) is 2.01. The molecule has 0 aliphatic heterocycles. The summed E-state index contributed by atoms with van der Waals surface area (Å²) in [6.45, 7) is 0.656. The van der Waals surface area contributed by atoms with Gasteiger partial charge in [-0.25, -0.2) is 4.98 Å². The van der Waals surface area contributed by atoms with Gasteiger partial charge in [-0.05, 0) is 18.9 Å². The van der Waals surface area contributed by atoms with E-state index < -0.39 is 0 Å². The first-order valence-electron chi connectivity index (χ1n) is 4.04. The molecule has 0 saturated carbocycles. The second-order valence-electron chi connectivity index (χ2n) is 2.98. The quantitative estimate of drug-likeness (QED) is 0.640. The van der Waals surface area contributed by atoms with Crippen molar-refractivity contribution in [3.8, 4) is 0 Å². The van der Waals surface area contributed by atoms with E-state index in [-0.39, 0.29) is 12.5 Å². The summed E-state index contributed by atoms with van der Waals surface area (Å²) in [6, 6.07) is 0. The van der Waals surface area contributed by atoms with Crippen molar-refractivity contribution in [1.29, 1.82) is 0 Å². The lowest BCUT2D eigenvalue weighted by molar-refractivity contribution is 0.228. The van der Waals surface area contributed by atoms with Gasteiger partial charge in [0.15, 0.2) is 0 Å². The van der Waals surface area contributed by atoms with Gasteiger partial charge in [-0.2, -0.15) is 0 Å². The lowest BCUT2D eigenvalue weighted by Gasteiger charge is -2.10. The fourth-order valence-corrected chi connectivity index (χ4v) is 1.10. The van der Waals surface area contributed by atoms with E-state index in [1.54, 1.807) is 12.5 Å². The number of nitrogens with zero attached hydrogens (tertiary/aromatic N) is 2. The summed E-state index contributed by atoms with van der Waals surface area (Å²) in [7, 11) is 1.94. The second-order valence-corrected chi connectivity index (χ2v) is 2.98. The van der Waals surface area contributed by atoms with E-state index in [1.165, 1.54) is 0 Å². The van der Waals surface area contributed by atoms with Gasteiger partial charge in [0.25, 0.3) is 0 Å². The van der Waals surface area contributed by atoms with E-state index in [9.17, 15) is 0 Å². The average molecular weight is 169 g/mol. The summed E-state index contributed by atoms with van der Waals surface area (Å²) in [5.41, 5.74) is 6.57. The highest BCUT2D eigenvalue weighted by Crippen LogP contribution is 2.05. The zero-order valence-corrected chi connectivity index (χ0v) is 7.27. The molecule has 1 aromatic heterocycles. The molecule has 0 aliphatic rings. The van der Waals surface area contributed by atoms with Crippen LogP contribution in [0.2, 0.25) is 0 Å². The Morgan fingerprint density at radius 1 is 1.75 bits per heavy atom. The minimum Gasteiger partial charge on any atom is -0.396 e. The van der Waals surface area contributed by atoms with Crippen molar-refractivity contribution in [1.82, 2.24) is 9.55 Å². The molecule has 0 aliphatic carbocycles. The first-order valence-corrected chi connectivity index (χ1v) is 4.04. The fraction of sp³-hybridized carbons (Fsp3) is 0.625. The van der Waals surface area contributed by atoms with Crippen LogP contribution in [0.25, 0.3) is 0 Å². The standard InChI is InChI=1S/C8H15N3O/c1-11-6-10-4-8(11)2-7(3-9)5-12/h4,6-7,12H,2-3,5,9H2,1H3. The largest absolute Gasteiger partial charge is 0.396 e. The highest BCUT2D eigenvalue weighted by molar-refractivity contribution is 4.98. The predicted octanol–water partition coefficient (Wildman–Crippen LogP) is -0.470. The SMILES string of the molecule is Cn1cncc1CC(CN)CO. The van der Waals surface area contributed by atoms with Crippen LogP contribution < -0.4 is 5.73 Å². The molecule has 4 nitrogen and oxygen atoms in total. The van der Waals surface area contributed by atoms with Crippen molar-refractivity contribution in [2.24, 2.45) is 18.7 Å². The zero-order valence-electron chi connectivity index (χ0n) is 7.27. The topological polar surface area (TPSA) is 64.1 Å². The van der Waals surface area contributed by atoms with E-state index in [0.29, 0.717) is 6.54 Å². The smallest absolute Gasteiger partial charge is 0.0945 e. The van der Waals surface area contributed by atoms with Crippen LogP contribution in [-0.4, -0.2) is 27.8 Å². The van der Waals surface area contributed by atoms with Crippen molar-refractivity contribution in [2.45, 2.75) is 6.42 Å². The molecule has 0 bridgehead atoms. The van der Waals surface area contributed by atoms with Crippen LogP contribution in [0.4, 0.5) is 0 Å². The van der Waals surface area contributed by atoms with Gasteiger partial charge in [-0.15, -0.1) is 0 Å². The monoisotopic (exact) mass is 169 g/mol. The number of rotatable bonds is 4. The highest BCUT2D eigenvalue weighted by Gasteiger charge is 2.08. The molecular weight excluding hydrogens is 154 g/mol. The van der Waals surface area contributed by atoms with E-state index >= 15 is 0 Å². The normalized spacial score (nSPS) is 13.2. The first kappa shape index (κ1) is 9.22. The summed E-state index contributed by atoms with van der Waals surface area (Å²) in [5.74, 6) is 0.153. The summed E-state index contributed by atoms with van der Waals surface area (Å²) < 4.78 is 1.94. The highest BCUT2D eigenvalue weighted by atomic mass is 16.3. The van der Waals surface area contributed by atoms with Crippen molar-refractivity contribution in [3.05, 3.63) is 18.2 Å². The maximum Gasteiger partial charge on any atom is 0.0945 e. The number of nitrogens with two attached hydrogens (primary N) is 1. The molecule has 1 atom stereocenters. The molecule has 68 valence electrons. The lowest BCUT2D eigenvalue weighted by Crippen LogP contribution is -2.21. The minimum absolute atomic E-state index is 0.141. The third-order valence-electron chi connectivity index (χ3n) is 2.01. The number of aliphatic hydroxyl groups excluding tert-OH is 1. The number of aliphatic hydroxyl groups is 1. The number of hydrogen-bond acceptors (Lipinski definition) is 3. The van der Waals surface area contributed by atoms with Crippen LogP contribution >= 0.6 is 0 Å². The molecule has 0 radical (unpaired) electrons. The molecule has 0 amide bonds. The third kappa shape index (κ3) is 2.06. The molecule has 0 spiro atoms. The average Bonchev–Trinajstić information content (AvgIpc) is 2.47. The van der Waals surface area contributed by atoms with Crippen LogP contribution in [0.1, 0.15) is 5.69 Å². The maximum absolute atomic E-state index is 8.91. The van der Waals surface area contributed by atoms with Crippen LogP contribution in [0, 0.1) is 5.92 Å². The van der Waals surface area contributed by atoms with Crippen molar-refractivity contribution in [2.75, 3.05) is 13.2 Å². The Morgan fingerprint density at radius 2 is 2.50 bits per heavy atom. The Balaban J connectivity index is 2.56. The maximum atomic E-state index is 8.91. The van der Waals surface area contributed by atoms with Gasteiger partial charge in [0.05, 0.1) is 6.33 Å². The molecule has 4 heteroatoms. The number of aromatic nitrogens is 2. The predicted molar refractivity (Wildman–Crippen MR) is 46.5 cm³/mol. The van der Waals surface area contributed by atoms with Crippen LogP contribution in [0.5, 0.6) is 0 Å². The number of imidazole rings is 1. The van der Waals surface area contributed by atoms with Gasteiger partial charge >= 0.3 is 0 Å². The number of hydrogen-bond donors (Lipinski definition) is 2. The van der Waals surface area contributed by atoms with Gasteiger partial charge in [0, 0.05) is 25.5 Å². The van der Waals surface area contributed by atoms with Crippen LogP contribution in [0.15, 0.2) is 12.5 Å². The molecule has 3 N–H and O–H groups in total. The van der Waals surface area contributed by atoms with E-state index in [0.717, 1.165) is 12.1 Å². The lowest BCUT2D eigenvalue weighted by atomic mass is 10.1. The molecule has 1 heterocycles. The summed E-state index contributed by atoms with van der Waals surface area (Å²) in [6.07, 6.45) is 4.35. The Kier molecular flexibility index (Phi) is 3.25. The van der Waals surface area contributed by atoms with E-state index in [4.69, 9.17) is 10.8 Å². The molecular formula is C8H15N3O. The zero-order chi connectivity index (χ0) is 8.97. The van der Waals surface area contributed by atoms with Crippen LogP contribution in [-0.2, 0) is 13.5 Å². The Hall–Kier alpha value is -0.870. The fourth-order valence-electron chi connectivity index (χ4n) is 1.10. The van der Waals surface area contributed by atoms with Crippen molar-refractivity contribution < 1.29 is 5.11 Å². The summed E-state index contributed by atoms with van der Waals surface area (Å²) >= 11 is 0. The minimum atomic E-state index is 0.141. The second kappa shape index (κ2) is 4.23. The molecule has 0 aromatic carbocycles. The molecule has 1 unspecified atom stereocenters. The summed E-state index contributed by atoms with van der Waals surface area (Å²) in [4.78, 5) is 3.98. The van der Waals surface area contributed by atoms with Gasteiger partial charge in [0.2, 0.25) is 0 Å². The molecule has 1 rings (SSSR count). The van der Waals surface area contributed by atoms with E-state index in [2.05, 4.69) is 4.98 Å². The molecule has 1 aromatic rings. The Bertz CT molecular complexity index is 230. The van der Waals surface area contributed by atoms with Gasteiger partial charge < -0.3 is 15.4 Å². The van der Waals surface area contributed by atoms with Gasteiger partial charge in [0.1, 0.15) is 0 Å². The Labute approximate surface area is 72.0 Å². The van der Waals surface area contributed by atoms with Crippen LogP contribution in [0.3, 0.4) is 0 Å². The van der Waals surface area contributed by atoms with Crippen molar-refractivity contribution >= 4 is 0 Å². The first-order chi connectivity index (χ1) is 5.77. The molecule has 0 saturated heterocycles. The number of aryl methyl sites for hydroxylation is 1. The summed E-state index contributed by atoms with van der Waals surface area (Å²) in [5, 5.41) is 8.91. The Morgan fingerprint density at radius 3 is 2.92 bits per heavy atom.